The monoisotopic (exact) mass is 394 g/mol. The first kappa shape index (κ1) is 20.9. The Balaban J connectivity index is 1.49. The summed E-state index contributed by atoms with van der Waals surface area (Å²) >= 11 is 0. The Morgan fingerprint density at radius 1 is 1.14 bits per heavy atom. The van der Waals surface area contributed by atoms with E-state index >= 15 is 0 Å². The standard InChI is InChI=1S/C23H30N4O2/c1-3-26-13-15-27(16-14-26)22-11-9-19(17-24-22)18-25-23(28)12-10-20-7-5-6-8-21(20)29-4-2/h5-12,17H,3-4,13-16,18H2,1-2H3,(H,25,28)/b12-10+. The van der Waals surface area contributed by atoms with Gasteiger partial charge in [-0.1, -0.05) is 31.2 Å². The number of aromatic nitrogens is 1. The van der Waals surface area contributed by atoms with Crippen molar-refractivity contribution in [3.05, 3.63) is 59.8 Å². The van der Waals surface area contributed by atoms with Gasteiger partial charge >= 0.3 is 0 Å². The molecule has 0 radical (unpaired) electrons. The van der Waals surface area contributed by atoms with Gasteiger partial charge in [0.15, 0.2) is 0 Å². The molecule has 1 aliphatic heterocycles. The highest BCUT2D eigenvalue weighted by Crippen LogP contribution is 2.19. The molecule has 1 aliphatic rings. The Hall–Kier alpha value is -2.86. The Bertz CT molecular complexity index is 812. The van der Waals surface area contributed by atoms with Crippen molar-refractivity contribution in [2.75, 3.05) is 44.2 Å². The number of likely N-dealkylation sites (N-methyl/N-ethyl adjacent to an activating group) is 1. The second kappa shape index (κ2) is 10.6. The molecular formula is C23H30N4O2. The molecular weight excluding hydrogens is 364 g/mol. The van der Waals surface area contributed by atoms with E-state index in [2.05, 4.69) is 27.0 Å². The number of benzene rings is 1. The lowest BCUT2D eigenvalue weighted by atomic mass is 10.2. The molecule has 0 unspecified atom stereocenters. The minimum absolute atomic E-state index is 0.143. The molecule has 2 heterocycles. The van der Waals surface area contributed by atoms with Crippen molar-refractivity contribution in [1.29, 1.82) is 0 Å². The number of hydrogen-bond donors (Lipinski definition) is 1. The predicted octanol–water partition coefficient (Wildman–Crippen LogP) is 2.95. The van der Waals surface area contributed by atoms with Crippen molar-refractivity contribution in [3.63, 3.8) is 0 Å². The number of nitrogens with one attached hydrogen (secondary N) is 1. The van der Waals surface area contributed by atoms with Crippen molar-refractivity contribution < 1.29 is 9.53 Å². The quantitative estimate of drug-likeness (QED) is 0.698. The van der Waals surface area contributed by atoms with Crippen LogP contribution in [0.3, 0.4) is 0 Å². The van der Waals surface area contributed by atoms with Gasteiger partial charge in [0.25, 0.3) is 0 Å². The van der Waals surface area contributed by atoms with Crippen molar-refractivity contribution in [3.8, 4) is 5.75 Å². The molecule has 1 N–H and O–H groups in total. The smallest absolute Gasteiger partial charge is 0.244 e. The van der Waals surface area contributed by atoms with Crippen LogP contribution in [0, 0.1) is 0 Å². The van der Waals surface area contributed by atoms with Crippen LogP contribution in [0.5, 0.6) is 5.75 Å². The number of hydrogen-bond acceptors (Lipinski definition) is 5. The van der Waals surface area contributed by atoms with Crippen molar-refractivity contribution in [2.45, 2.75) is 20.4 Å². The summed E-state index contributed by atoms with van der Waals surface area (Å²) in [6.45, 7) is 10.5. The van der Waals surface area contributed by atoms with E-state index < -0.39 is 0 Å². The Morgan fingerprint density at radius 2 is 1.93 bits per heavy atom. The number of anilines is 1. The minimum Gasteiger partial charge on any atom is -0.493 e. The van der Waals surface area contributed by atoms with E-state index in [0.29, 0.717) is 13.2 Å². The van der Waals surface area contributed by atoms with Crippen LogP contribution < -0.4 is 15.0 Å². The molecule has 0 spiro atoms. The van der Waals surface area contributed by atoms with Crippen LogP contribution in [-0.2, 0) is 11.3 Å². The third-order valence-corrected chi connectivity index (χ3v) is 5.05. The van der Waals surface area contributed by atoms with Gasteiger partial charge in [0, 0.05) is 50.6 Å². The Kier molecular flexibility index (Phi) is 7.64. The fourth-order valence-electron chi connectivity index (χ4n) is 3.32. The number of nitrogens with zero attached hydrogens (tertiary/aromatic N) is 3. The highest BCUT2D eigenvalue weighted by atomic mass is 16.5. The van der Waals surface area contributed by atoms with Crippen LogP contribution in [0.15, 0.2) is 48.7 Å². The fraction of sp³-hybridized carbons (Fsp3) is 0.391. The first-order valence-corrected chi connectivity index (χ1v) is 10.3. The van der Waals surface area contributed by atoms with Crippen molar-refractivity contribution in [2.24, 2.45) is 0 Å². The first-order valence-electron chi connectivity index (χ1n) is 10.3. The summed E-state index contributed by atoms with van der Waals surface area (Å²) in [5, 5.41) is 2.91. The second-order valence-corrected chi connectivity index (χ2v) is 6.97. The molecule has 0 saturated carbocycles. The molecule has 6 nitrogen and oxygen atoms in total. The summed E-state index contributed by atoms with van der Waals surface area (Å²) in [5.74, 6) is 1.64. The lowest BCUT2D eigenvalue weighted by molar-refractivity contribution is -0.116. The summed E-state index contributed by atoms with van der Waals surface area (Å²) in [5.41, 5.74) is 1.87. The molecule has 29 heavy (non-hydrogen) atoms. The lowest BCUT2D eigenvalue weighted by Gasteiger charge is -2.34. The number of ether oxygens (including phenoxy) is 1. The van der Waals surface area contributed by atoms with Gasteiger partial charge in [0.2, 0.25) is 5.91 Å². The number of carbonyl (C=O) groups excluding carboxylic acids is 1. The number of piperazine rings is 1. The molecule has 2 aromatic rings. The number of pyridine rings is 1. The summed E-state index contributed by atoms with van der Waals surface area (Å²) < 4.78 is 5.57. The van der Waals surface area contributed by atoms with Gasteiger partial charge in [-0.3, -0.25) is 4.79 Å². The highest BCUT2D eigenvalue weighted by molar-refractivity contribution is 5.92. The lowest BCUT2D eigenvalue weighted by Crippen LogP contribution is -2.46. The molecule has 3 rings (SSSR count). The zero-order chi connectivity index (χ0) is 20.5. The van der Waals surface area contributed by atoms with Gasteiger partial charge in [0.05, 0.1) is 6.61 Å². The minimum atomic E-state index is -0.143. The van der Waals surface area contributed by atoms with Crippen LogP contribution >= 0.6 is 0 Å². The van der Waals surface area contributed by atoms with Crippen LogP contribution in [0.2, 0.25) is 0 Å². The van der Waals surface area contributed by atoms with Crippen molar-refractivity contribution in [1.82, 2.24) is 15.2 Å². The average Bonchev–Trinajstić information content (AvgIpc) is 2.78. The predicted molar refractivity (Wildman–Crippen MR) is 117 cm³/mol. The number of rotatable bonds is 8. The molecule has 0 atom stereocenters. The highest BCUT2D eigenvalue weighted by Gasteiger charge is 2.16. The van der Waals surface area contributed by atoms with E-state index in [1.54, 1.807) is 6.08 Å². The maximum Gasteiger partial charge on any atom is 0.244 e. The van der Waals surface area contributed by atoms with Crippen LogP contribution in [0.1, 0.15) is 25.0 Å². The van der Waals surface area contributed by atoms with Gasteiger partial charge in [-0.2, -0.15) is 0 Å². The van der Waals surface area contributed by atoms with Crippen LogP contribution in [-0.4, -0.2) is 55.1 Å². The number of amides is 1. The molecule has 1 fully saturated rings. The van der Waals surface area contributed by atoms with Gasteiger partial charge in [-0.15, -0.1) is 0 Å². The Labute approximate surface area is 173 Å². The SMILES string of the molecule is CCOc1ccccc1/C=C/C(=O)NCc1ccc(N2CCN(CC)CC2)nc1. The molecule has 1 saturated heterocycles. The van der Waals surface area contributed by atoms with E-state index in [1.165, 1.54) is 6.08 Å². The Morgan fingerprint density at radius 3 is 2.62 bits per heavy atom. The zero-order valence-electron chi connectivity index (χ0n) is 17.3. The summed E-state index contributed by atoms with van der Waals surface area (Å²) in [6, 6.07) is 11.7. The van der Waals surface area contributed by atoms with Gasteiger partial charge < -0.3 is 19.9 Å². The molecule has 1 aromatic carbocycles. The van der Waals surface area contributed by atoms with Crippen LogP contribution in [0.25, 0.3) is 6.08 Å². The molecule has 1 aromatic heterocycles. The maximum atomic E-state index is 12.2. The first-order chi connectivity index (χ1) is 14.2. The van der Waals surface area contributed by atoms with E-state index in [4.69, 9.17) is 4.74 Å². The van der Waals surface area contributed by atoms with Gasteiger partial charge in [-0.05, 0) is 37.2 Å². The summed E-state index contributed by atoms with van der Waals surface area (Å²) in [4.78, 5) is 21.5. The van der Waals surface area contributed by atoms with E-state index in [-0.39, 0.29) is 5.91 Å². The van der Waals surface area contributed by atoms with E-state index in [9.17, 15) is 4.79 Å². The average molecular weight is 395 g/mol. The van der Waals surface area contributed by atoms with E-state index in [0.717, 1.165) is 55.4 Å². The fourth-order valence-corrected chi connectivity index (χ4v) is 3.32. The second-order valence-electron chi connectivity index (χ2n) is 6.97. The largest absolute Gasteiger partial charge is 0.493 e. The molecule has 154 valence electrons. The zero-order valence-corrected chi connectivity index (χ0v) is 17.3. The van der Waals surface area contributed by atoms with Gasteiger partial charge in [0.1, 0.15) is 11.6 Å². The third-order valence-electron chi connectivity index (χ3n) is 5.05. The third kappa shape index (κ3) is 6.06. The summed E-state index contributed by atoms with van der Waals surface area (Å²) in [6.07, 6.45) is 5.15. The molecule has 0 bridgehead atoms. The van der Waals surface area contributed by atoms with Gasteiger partial charge in [-0.25, -0.2) is 4.98 Å². The summed E-state index contributed by atoms with van der Waals surface area (Å²) in [7, 11) is 0. The molecule has 1 amide bonds. The van der Waals surface area contributed by atoms with Crippen molar-refractivity contribution >= 4 is 17.8 Å². The number of para-hydroxylation sites is 1. The van der Waals surface area contributed by atoms with E-state index in [1.807, 2.05) is 49.5 Å². The van der Waals surface area contributed by atoms with Crippen LogP contribution in [0.4, 0.5) is 5.82 Å². The number of carbonyl (C=O) groups is 1. The normalized spacial score (nSPS) is 14.9. The topological polar surface area (TPSA) is 57.7 Å². The molecule has 0 aliphatic carbocycles. The molecule has 6 heteroatoms. The maximum absolute atomic E-state index is 12.2.